The molecule has 0 radical (unpaired) electrons. The number of carbonyl (C=O) groups is 1. The van der Waals surface area contributed by atoms with Crippen molar-refractivity contribution < 1.29 is 4.79 Å². The molecule has 0 aliphatic carbocycles. The molecule has 1 fully saturated rings. The molecular weight excluding hydrogens is 152 g/mol. The molecule has 12 heavy (non-hydrogen) atoms. The van der Waals surface area contributed by atoms with E-state index in [2.05, 4.69) is 26.1 Å². The molecule has 1 unspecified atom stereocenters. The predicted octanol–water partition coefficient (Wildman–Crippen LogP) is 0.810. The van der Waals surface area contributed by atoms with Crippen LogP contribution in [0.2, 0.25) is 0 Å². The maximum atomic E-state index is 11.3. The molecule has 1 heterocycles. The first-order valence-corrected chi connectivity index (χ1v) is 4.69. The second kappa shape index (κ2) is 3.90. The number of rotatable bonds is 3. The molecule has 1 aliphatic rings. The summed E-state index contributed by atoms with van der Waals surface area (Å²) in [4.78, 5) is 13.3. The Labute approximate surface area is 74.1 Å². The summed E-state index contributed by atoms with van der Waals surface area (Å²) in [5.41, 5.74) is 0. The molecule has 0 spiro atoms. The first-order valence-electron chi connectivity index (χ1n) is 4.69. The minimum atomic E-state index is 0.246. The van der Waals surface area contributed by atoms with Gasteiger partial charge in [0.1, 0.15) is 0 Å². The Bertz CT molecular complexity index is 168. The van der Waals surface area contributed by atoms with Gasteiger partial charge in [-0.3, -0.25) is 10.1 Å². The predicted molar refractivity (Wildman–Crippen MR) is 48.6 cm³/mol. The van der Waals surface area contributed by atoms with Gasteiger partial charge < -0.3 is 4.90 Å². The van der Waals surface area contributed by atoms with E-state index in [1.165, 1.54) is 0 Å². The molecule has 70 valence electrons. The molecule has 1 rings (SSSR count). The van der Waals surface area contributed by atoms with E-state index in [4.69, 9.17) is 0 Å². The van der Waals surface area contributed by atoms with Crippen LogP contribution in [0.4, 0.5) is 0 Å². The smallest absolute Gasteiger partial charge is 0.237 e. The maximum absolute atomic E-state index is 11.3. The van der Waals surface area contributed by atoms with Gasteiger partial charge >= 0.3 is 0 Å². The second-order valence-electron chi connectivity index (χ2n) is 3.66. The Morgan fingerprint density at radius 2 is 2.33 bits per heavy atom. The van der Waals surface area contributed by atoms with Gasteiger partial charge in [-0.1, -0.05) is 20.8 Å². The summed E-state index contributed by atoms with van der Waals surface area (Å²) >= 11 is 0. The highest BCUT2D eigenvalue weighted by atomic mass is 16.2. The van der Waals surface area contributed by atoms with Gasteiger partial charge in [0, 0.05) is 6.54 Å². The van der Waals surface area contributed by atoms with Gasteiger partial charge in [-0.05, 0) is 12.3 Å². The van der Waals surface area contributed by atoms with E-state index in [0.29, 0.717) is 12.5 Å². The van der Waals surface area contributed by atoms with Crippen LogP contribution in [0.15, 0.2) is 0 Å². The number of hydrogen-bond donors (Lipinski definition) is 1. The molecule has 3 nitrogen and oxygen atoms in total. The van der Waals surface area contributed by atoms with Crippen LogP contribution < -0.4 is 5.32 Å². The fourth-order valence-corrected chi connectivity index (χ4v) is 1.66. The zero-order valence-electron chi connectivity index (χ0n) is 8.13. The Morgan fingerprint density at radius 3 is 2.83 bits per heavy atom. The van der Waals surface area contributed by atoms with Crippen LogP contribution in [-0.4, -0.2) is 30.1 Å². The van der Waals surface area contributed by atoms with Crippen LogP contribution in [0.25, 0.3) is 0 Å². The summed E-state index contributed by atoms with van der Waals surface area (Å²) in [6.45, 7) is 7.78. The van der Waals surface area contributed by atoms with Crippen molar-refractivity contribution in [1.29, 1.82) is 0 Å². The van der Waals surface area contributed by atoms with Gasteiger partial charge in [-0.25, -0.2) is 0 Å². The van der Waals surface area contributed by atoms with Gasteiger partial charge in [0.25, 0.3) is 0 Å². The Hall–Kier alpha value is -0.570. The van der Waals surface area contributed by atoms with Crippen molar-refractivity contribution >= 4 is 5.91 Å². The van der Waals surface area contributed by atoms with Crippen molar-refractivity contribution in [3.8, 4) is 0 Å². The minimum absolute atomic E-state index is 0.246. The largest absolute Gasteiger partial charge is 0.326 e. The number of nitrogens with one attached hydrogen (secondary N) is 1. The second-order valence-corrected chi connectivity index (χ2v) is 3.66. The molecule has 0 aromatic heterocycles. The molecule has 0 bridgehead atoms. The molecule has 0 aromatic carbocycles. The zero-order chi connectivity index (χ0) is 9.14. The third-order valence-electron chi connectivity index (χ3n) is 2.21. The van der Waals surface area contributed by atoms with Gasteiger partial charge in [-0.2, -0.15) is 0 Å². The third-order valence-corrected chi connectivity index (χ3v) is 2.21. The Morgan fingerprint density at radius 1 is 1.67 bits per heavy atom. The van der Waals surface area contributed by atoms with E-state index in [0.717, 1.165) is 13.0 Å². The van der Waals surface area contributed by atoms with Crippen molar-refractivity contribution in [2.24, 2.45) is 5.92 Å². The molecule has 1 amide bonds. The van der Waals surface area contributed by atoms with Gasteiger partial charge in [0.05, 0.1) is 12.7 Å². The third kappa shape index (κ3) is 1.78. The molecular formula is C9H18N2O. The number of nitrogens with zero attached hydrogens (tertiary/aromatic N) is 1. The highest BCUT2D eigenvalue weighted by molar-refractivity contribution is 5.80. The highest BCUT2D eigenvalue weighted by Gasteiger charge is 2.31. The van der Waals surface area contributed by atoms with E-state index in [1.54, 1.807) is 0 Å². The summed E-state index contributed by atoms with van der Waals surface area (Å²) < 4.78 is 0. The molecule has 1 aliphatic heterocycles. The number of hydrogen-bond acceptors (Lipinski definition) is 2. The molecule has 1 atom stereocenters. The quantitative estimate of drug-likeness (QED) is 0.680. The highest BCUT2D eigenvalue weighted by Crippen LogP contribution is 2.13. The zero-order valence-corrected chi connectivity index (χ0v) is 8.13. The van der Waals surface area contributed by atoms with Crippen molar-refractivity contribution in [3.05, 3.63) is 0 Å². The topological polar surface area (TPSA) is 32.3 Å². The molecule has 3 heteroatoms. The molecule has 1 N–H and O–H groups in total. The first kappa shape index (κ1) is 9.52. The van der Waals surface area contributed by atoms with E-state index >= 15 is 0 Å². The van der Waals surface area contributed by atoms with Crippen LogP contribution in [0, 0.1) is 5.92 Å². The summed E-state index contributed by atoms with van der Waals surface area (Å²) in [5, 5.41) is 3.22. The number of carbonyl (C=O) groups excluding carboxylic acids is 1. The van der Waals surface area contributed by atoms with Crippen LogP contribution in [0.3, 0.4) is 0 Å². The Balaban J connectivity index is 2.57. The van der Waals surface area contributed by atoms with Crippen molar-refractivity contribution in [2.75, 3.05) is 13.1 Å². The Kier molecular flexibility index (Phi) is 3.09. The summed E-state index contributed by atoms with van der Waals surface area (Å²) in [7, 11) is 0. The standard InChI is InChI=1S/C9H18N2O/c1-4-5-11-8(12)6-10-9(11)7(2)3/h7,9-10H,4-6H2,1-3H3. The lowest BCUT2D eigenvalue weighted by atomic mass is 10.1. The van der Waals surface area contributed by atoms with E-state index in [1.807, 2.05) is 4.90 Å². The van der Waals surface area contributed by atoms with E-state index < -0.39 is 0 Å². The normalized spacial score (nSPS) is 24.2. The SMILES string of the molecule is CCCN1C(=O)CNC1C(C)C. The monoisotopic (exact) mass is 170 g/mol. The van der Waals surface area contributed by atoms with Crippen LogP contribution >= 0.6 is 0 Å². The molecule has 0 saturated carbocycles. The lowest BCUT2D eigenvalue weighted by molar-refractivity contribution is -0.128. The summed E-state index contributed by atoms with van der Waals surface area (Å²) in [5.74, 6) is 0.749. The average Bonchev–Trinajstić information content (AvgIpc) is 2.34. The van der Waals surface area contributed by atoms with Crippen molar-refractivity contribution in [3.63, 3.8) is 0 Å². The van der Waals surface area contributed by atoms with Gasteiger partial charge in [0.15, 0.2) is 0 Å². The lowest BCUT2D eigenvalue weighted by Crippen LogP contribution is -2.41. The average molecular weight is 170 g/mol. The summed E-state index contributed by atoms with van der Waals surface area (Å²) in [6, 6.07) is 0. The fourth-order valence-electron chi connectivity index (χ4n) is 1.66. The number of amides is 1. The molecule has 0 aromatic rings. The van der Waals surface area contributed by atoms with E-state index in [9.17, 15) is 4.79 Å². The fraction of sp³-hybridized carbons (Fsp3) is 0.889. The van der Waals surface area contributed by atoms with Gasteiger partial charge in [0.2, 0.25) is 5.91 Å². The first-order chi connectivity index (χ1) is 5.66. The van der Waals surface area contributed by atoms with Crippen molar-refractivity contribution in [1.82, 2.24) is 10.2 Å². The van der Waals surface area contributed by atoms with Gasteiger partial charge in [-0.15, -0.1) is 0 Å². The van der Waals surface area contributed by atoms with Crippen LogP contribution in [0.1, 0.15) is 27.2 Å². The minimum Gasteiger partial charge on any atom is -0.326 e. The van der Waals surface area contributed by atoms with Crippen molar-refractivity contribution in [2.45, 2.75) is 33.4 Å². The van der Waals surface area contributed by atoms with Crippen LogP contribution in [-0.2, 0) is 4.79 Å². The maximum Gasteiger partial charge on any atom is 0.237 e. The van der Waals surface area contributed by atoms with E-state index in [-0.39, 0.29) is 12.1 Å². The lowest BCUT2D eigenvalue weighted by Gasteiger charge is -2.26. The summed E-state index contributed by atoms with van der Waals surface area (Å²) in [6.07, 6.45) is 1.30. The molecule has 1 saturated heterocycles. The van der Waals surface area contributed by atoms with Crippen LogP contribution in [0.5, 0.6) is 0 Å².